The SMILES string of the molecule is CCC1CCCCN1C(=O)C(C)N1CC(C)CC(C(=O)O)C1. The van der Waals surface area contributed by atoms with Crippen LogP contribution in [0, 0.1) is 11.8 Å². The van der Waals surface area contributed by atoms with E-state index in [-0.39, 0.29) is 17.9 Å². The molecule has 0 aromatic carbocycles. The minimum absolute atomic E-state index is 0.185. The summed E-state index contributed by atoms with van der Waals surface area (Å²) >= 11 is 0. The van der Waals surface area contributed by atoms with Gasteiger partial charge in [0.25, 0.3) is 0 Å². The number of carboxylic acids is 1. The smallest absolute Gasteiger partial charge is 0.307 e. The summed E-state index contributed by atoms with van der Waals surface area (Å²) in [6.45, 7) is 8.34. The number of likely N-dealkylation sites (tertiary alicyclic amines) is 2. The Labute approximate surface area is 133 Å². The van der Waals surface area contributed by atoms with Crippen molar-refractivity contribution in [1.82, 2.24) is 9.80 Å². The van der Waals surface area contributed by atoms with E-state index in [4.69, 9.17) is 0 Å². The quantitative estimate of drug-likeness (QED) is 0.865. The number of amides is 1. The normalized spacial score (nSPS) is 31.8. The molecule has 0 bridgehead atoms. The highest BCUT2D eigenvalue weighted by Crippen LogP contribution is 2.26. The molecule has 126 valence electrons. The van der Waals surface area contributed by atoms with Crippen LogP contribution in [0.4, 0.5) is 0 Å². The Hall–Kier alpha value is -1.10. The van der Waals surface area contributed by atoms with E-state index in [2.05, 4.69) is 18.7 Å². The number of hydrogen-bond acceptors (Lipinski definition) is 3. The second-order valence-electron chi connectivity index (χ2n) is 7.10. The first kappa shape index (κ1) is 17.3. The molecule has 0 spiro atoms. The predicted molar refractivity (Wildman–Crippen MR) is 85.6 cm³/mol. The molecule has 0 aliphatic carbocycles. The lowest BCUT2D eigenvalue weighted by Gasteiger charge is -2.42. The molecule has 1 amide bonds. The van der Waals surface area contributed by atoms with Crippen molar-refractivity contribution >= 4 is 11.9 Å². The van der Waals surface area contributed by atoms with Crippen LogP contribution < -0.4 is 0 Å². The summed E-state index contributed by atoms with van der Waals surface area (Å²) in [7, 11) is 0. The van der Waals surface area contributed by atoms with Gasteiger partial charge in [-0.1, -0.05) is 13.8 Å². The predicted octanol–water partition coefficient (Wildman–Crippen LogP) is 2.21. The first-order valence-electron chi connectivity index (χ1n) is 8.71. The molecule has 0 saturated carbocycles. The third kappa shape index (κ3) is 3.80. The largest absolute Gasteiger partial charge is 0.481 e. The van der Waals surface area contributed by atoms with Gasteiger partial charge < -0.3 is 10.0 Å². The Balaban J connectivity index is 2.04. The van der Waals surface area contributed by atoms with E-state index in [0.717, 1.165) is 32.4 Å². The Morgan fingerprint density at radius 2 is 2.00 bits per heavy atom. The molecule has 0 aromatic rings. The van der Waals surface area contributed by atoms with Gasteiger partial charge in [-0.05, 0) is 44.9 Å². The first-order valence-corrected chi connectivity index (χ1v) is 8.71. The van der Waals surface area contributed by atoms with E-state index in [9.17, 15) is 14.7 Å². The van der Waals surface area contributed by atoms with Crippen molar-refractivity contribution in [2.75, 3.05) is 19.6 Å². The van der Waals surface area contributed by atoms with Crippen LogP contribution in [-0.4, -0.2) is 58.5 Å². The fourth-order valence-electron chi connectivity index (χ4n) is 4.00. The zero-order valence-corrected chi connectivity index (χ0v) is 14.1. The molecular formula is C17H30N2O3. The molecule has 5 heteroatoms. The summed E-state index contributed by atoms with van der Waals surface area (Å²) in [6.07, 6.45) is 5.12. The molecule has 0 radical (unpaired) electrons. The van der Waals surface area contributed by atoms with Crippen LogP contribution in [0.3, 0.4) is 0 Å². The molecule has 1 N–H and O–H groups in total. The van der Waals surface area contributed by atoms with Gasteiger partial charge in [-0.3, -0.25) is 14.5 Å². The maximum absolute atomic E-state index is 12.9. The number of carbonyl (C=O) groups excluding carboxylic acids is 1. The van der Waals surface area contributed by atoms with Gasteiger partial charge >= 0.3 is 5.97 Å². The minimum Gasteiger partial charge on any atom is -0.481 e. The van der Waals surface area contributed by atoms with Crippen molar-refractivity contribution < 1.29 is 14.7 Å². The van der Waals surface area contributed by atoms with E-state index in [0.29, 0.717) is 24.9 Å². The van der Waals surface area contributed by atoms with Crippen molar-refractivity contribution in [3.8, 4) is 0 Å². The van der Waals surface area contributed by atoms with Crippen molar-refractivity contribution in [1.29, 1.82) is 0 Å². The number of carbonyl (C=O) groups is 2. The summed E-state index contributed by atoms with van der Waals surface area (Å²) in [6, 6.07) is 0.151. The van der Waals surface area contributed by atoms with Crippen molar-refractivity contribution in [3.05, 3.63) is 0 Å². The van der Waals surface area contributed by atoms with Gasteiger partial charge in [0, 0.05) is 25.7 Å². The van der Waals surface area contributed by atoms with Crippen LogP contribution in [-0.2, 0) is 9.59 Å². The zero-order chi connectivity index (χ0) is 16.3. The second kappa shape index (κ2) is 7.44. The molecule has 2 saturated heterocycles. The van der Waals surface area contributed by atoms with Crippen LogP contribution in [0.15, 0.2) is 0 Å². The Bertz CT molecular complexity index is 413. The summed E-state index contributed by atoms with van der Waals surface area (Å²) in [4.78, 5) is 28.3. The fraction of sp³-hybridized carbons (Fsp3) is 0.882. The van der Waals surface area contributed by atoms with Gasteiger partial charge in [-0.25, -0.2) is 0 Å². The molecule has 4 unspecified atom stereocenters. The van der Waals surface area contributed by atoms with Crippen LogP contribution >= 0.6 is 0 Å². The van der Waals surface area contributed by atoms with E-state index < -0.39 is 5.97 Å². The first-order chi connectivity index (χ1) is 10.4. The van der Waals surface area contributed by atoms with Gasteiger partial charge in [0.2, 0.25) is 5.91 Å². The molecule has 2 aliphatic rings. The third-order valence-electron chi connectivity index (χ3n) is 5.32. The van der Waals surface area contributed by atoms with Gasteiger partial charge in [0.1, 0.15) is 0 Å². The molecular weight excluding hydrogens is 280 g/mol. The number of piperidine rings is 2. The molecule has 22 heavy (non-hydrogen) atoms. The lowest BCUT2D eigenvalue weighted by Crippen LogP contribution is -2.55. The van der Waals surface area contributed by atoms with Crippen LogP contribution in [0.1, 0.15) is 52.9 Å². The van der Waals surface area contributed by atoms with Gasteiger partial charge in [0.15, 0.2) is 0 Å². The lowest BCUT2D eigenvalue weighted by atomic mass is 9.89. The standard InChI is InChI=1S/C17H30N2O3/c1-4-15-7-5-6-8-19(15)16(20)13(3)18-10-12(2)9-14(11-18)17(21)22/h12-15H,4-11H2,1-3H3,(H,21,22). The molecule has 2 aliphatic heterocycles. The number of carboxylic acid groups (broad SMARTS) is 1. The number of aliphatic carboxylic acids is 1. The Kier molecular flexibility index (Phi) is 5.84. The molecule has 0 aromatic heterocycles. The number of nitrogens with zero attached hydrogens (tertiary/aromatic N) is 2. The van der Waals surface area contributed by atoms with Gasteiger partial charge in [0.05, 0.1) is 12.0 Å². The summed E-state index contributed by atoms with van der Waals surface area (Å²) in [5.74, 6) is -0.568. The highest BCUT2D eigenvalue weighted by atomic mass is 16.4. The summed E-state index contributed by atoms with van der Waals surface area (Å²) in [5, 5.41) is 9.30. The Morgan fingerprint density at radius 3 is 2.64 bits per heavy atom. The number of rotatable bonds is 4. The van der Waals surface area contributed by atoms with Crippen molar-refractivity contribution in [3.63, 3.8) is 0 Å². The maximum atomic E-state index is 12.9. The fourth-order valence-corrected chi connectivity index (χ4v) is 4.00. The summed E-state index contributed by atoms with van der Waals surface area (Å²) < 4.78 is 0. The van der Waals surface area contributed by atoms with E-state index in [1.54, 1.807) is 0 Å². The average Bonchev–Trinajstić information content (AvgIpc) is 2.52. The molecule has 5 nitrogen and oxygen atoms in total. The minimum atomic E-state index is -0.736. The monoisotopic (exact) mass is 310 g/mol. The molecule has 2 rings (SSSR count). The molecule has 2 fully saturated rings. The van der Waals surface area contributed by atoms with Gasteiger partial charge in [-0.2, -0.15) is 0 Å². The summed E-state index contributed by atoms with van der Waals surface area (Å²) in [5.41, 5.74) is 0. The van der Waals surface area contributed by atoms with Gasteiger partial charge in [-0.15, -0.1) is 0 Å². The third-order valence-corrected chi connectivity index (χ3v) is 5.32. The highest BCUT2D eigenvalue weighted by molar-refractivity contribution is 5.82. The number of hydrogen-bond donors (Lipinski definition) is 1. The molecule has 2 heterocycles. The van der Waals surface area contributed by atoms with Crippen molar-refractivity contribution in [2.24, 2.45) is 11.8 Å². The molecule has 4 atom stereocenters. The average molecular weight is 310 g/mol. The topological polar surface area (TPSA) is 60.9 Å². The van der Waals surface area contributed by atoms with E-state index in [1.165, 1.54) is 6.42 Å². The van der Waals surface area contributed by atoms with Crippen LogP contribution in [0.25, 0.3) is 0 Å². The second-order valence-corrected chi connectivity index (χ2v) is 7.10. The van der Waals surface area contributed by atoms with Crippen LogP contribution in [0.5, 0.6) is 0 Å². The van der Waals surface area contributed by atoms with Crippen molar-refractivity contribution in [2.45, 2.75) is 65.0 Å². The van der Waals surface area contributed by atoms with Crippen LogP contribution in [0.2, 0.25) is 0 Å². The van der Waals surface area contributed by atoms with E-state index >= 15 is 0 Å². The highest BCUT2D eigenvalue weighted by Gasteiger charge is 2.36. The maximum Gasteiger partial charge on any atom is 0.307 e. The van der Waals surface area contributed by atoms with E-state index in [1.807, 2.05) is 11.8 Å². The Morgan fingerprint density at radius 1 is 1.27 bits per heavy atom. The lowest BCUT2D eigenvalue weighted by molar-refractivity contribution is -0.148. The zero-order valence-electron chi connectivity index (χ0n) is 14.1.